The highest BCUT2D eigenvalue weighted by atomic mass is 35.5. The molecule has 0 aliphatic carbocycles. The van der Waals surface area contributed by atoms with Crippen LogP contribution in [0.5, 0.6) is 5.88 Å². The molecule has 5 aromatic rings. The number of pyridine rings is 2. The maximum Gasteiger partial charge on any atom is 0.451 e. The Hall–Kier alpha value is -4.14. The summed E-state index contributed by atoms with van der Waals surface area (Å²) in [6.07, 6.45) is 1.37. The van der Waals surface area contributed by atoms with Crippen molar-refractivity contribution in [1.82, 2.24) is 39.6 Å². The molecular formula is C31H29ClF4N8O2. The lowest BCUT2D eigenvalue weighted by atomic mass is 9.90. The number of alkyl halides is 3. The van der Waals surface area contributed by atoms with E-state index in [0.717, 1.165) is 49.3 Å². The number of H-pyrrole nitrogens is 1. The van der Waals surface area contributed by atoms with Crippen molar-refractivity contribution in [2.45, 2.75) is 57.2 Å². The Kier molecular flexibility index (Phi) is 8.34. The number of likely N-dealkylation sites (tertiary alicyclic amines) is 1. The fourth-order valence-electron chi connectivity index (χ4n) is 5.89. The molecule has 1 N–H and O–H groups in total. The van der Waals surface area contributed by atoms with Gasteiger partial charge in [0.25, 0.3) is 0 Å². The van der Waals surface area contributed by atoms with Crippen molar-refractivity contribution in [3.63, 3.8) is 0 Å². The zero-order valence-corrected chi connectivity index (χ0v) is 25.2. The van der Waals surface area contributed by atoms with E-state index in [4.69, 9.17) is 26.1 Å². The molecule has 1 aromatic carbocycles. The first-order valence-electron chi connectivity index (χ1n) is 14.9. The monoisotopic (exact) mass is 656 g/mol. The molecule has 1 unspecified atom stereocenters. The molecule has 15 heteroatoms. The summed E-state index contributed by atoms with van der Waals surface area (Å²) < 4.78 is 67.3. The van der Waals surface area contributed by atoms with Crippen LogP contribution >= 0.6 is 11.6 Å². The molecule has 0 spiro atoms. The Morgan fingerprint density at radius 3 is 2.61 bits per heavy atom. The number of ether oxygens (including phenoxy) is 2. The lowest BCUT2D eigenvalue weighted by Gasteiger charge is -2.33. The van der Waals surface area contributed by atoms with Gasteiger partial charge in [0, 0.05) is 29.0 Å². The van der Waals surface area contributed by atoms with E-state index in [-0.39, 0.29) is 30.1 Å². The number of hydrogen-bond acceptors (Lipinski definition) is 8. The van der Waals surface area contributed by atoms with E-state index in [0.29, 0.717) is 41.7 Å². The first-order valence-corrected chi connectivity index (χ1v) is 15.3. The van der Waals surface area contributed by atoms with E-state index in [1.807, 2.05) is 12.1 Å². The zero-order valence-electron chi connectivity index (χ0n) is 24.5. The molecule has 6 heterocycles. The maximum absolute atomic E-state index is 14.3. The number of benzene rings is 1. The van der Waals surface area contributed by atoms with Gasteiger partial charge in [-0.15, -0.1) is 10.2 Å². The highest BCUT2D eigenvalue weighted by molar-refractivity contribution is 6.30. The normalized spacial score (nSPS) is 17.8. The maximum atomic E-state index is 14.3. The summed E-state index contributed by atoms with van der Waals surface area (Å²) in [5.41, 5.74) is 2.99. The minimum absolute atomic E-state index is 0.0449. The molecule has 0 radical (unpaired) electrons. The summed E-state index contributed by atoms with van der Waals surface area (Å²) in [5, 5.41) is 7.18. The third-order valence-electron chi connectivity index (χ3n) is 8.46. The van der Waals surface area contributed by atoms with Crippen LogP contribution in [0.25, 0.3) is 22.6 Å². The molecule has 240 valence electrons. The highest BCUT2D eigenvalue weighted by Gasteiger charge is 2.35. The van der Waals surface area contributed by atoms with Gasteiger partial charge < -0.3 is 19.0 Å². The van der Waals surface area contributed by atoms with Crippen LogP contribution < -0.4 is 4.74 Å². The van der Waals surface area contributed by atoms with Gasteiger partial charge in [0.1, 0.15) is 23.9 Å². The zero-order chi connectivity index (χ0) is 31.8. The molecule has 2 fully saturated rings. The second kappa shape index (κ2) is 12.6. The van der Waals surface area contributed by atoms with Crippen molar-refractivity contribution in [3.05, 3.63) is 82.4 Å². The van der Waals surface area contributed by atoms with Crippen molar-refractivity contribution in [2.24, 2.45) is 0 Å². The Balaban J connectivity index is 1.06. The number of imidazole rings is 1. The number of rotatable bonds is 9. The molecule has 2 saturated heterocycles. The molecule has 10 nitrogen and oxygen atoms in total. The summed E-state index contributed by atoms with van der Waals surface area (Å²) in [5.74, 6) is -0.142. The predicted octanol–water partition coefficient (Wildman–Crippen LogP) is 6.17. The third kappa shape index (κ3) is 6.42. The number of halogens is 5. The van der Waals surface area contributed by atoms with E-state index in [1.165, 1.54) is 6.07 Å². The van der Waals surface area contributed by atoms with Crippen LogP contribution in [0.2, 0.25) is 5.02 Å². The lowest BCUT2D eigenvalue weighted by molar-refractivity contribution is -0.144. The number of hydrogen-bond donors (Lipinski definition) is 1. The summed E-state index contributed by atoms with van der Waals surface area (Å²) in [7, 11) is 0. The van der Waals surface area contributed by atoms with Gasteiger partial charge >= 0.3 is 6.18 Å². The van der Waals surface area contributed by atoms with Crippen LogP contribution in [0.4, 0.5) is 17.6 Å². The summed E-state index contributed by atoms with van der Waals surface area (Å²) in [6.45, 7) is 3.55. The standard InChI is InChI=1S/C31H29ClF4N8O2/c32-20-4-3-19(23(33)12-20)17-46-29-22(2-1-8-37-29)18-5-9-43(10-6-18)16-27-39-24-13-25(28-40-30(42-41-28)31(34,35)36)38-14-26(24)44(27)15-21-7-11-45-21/h1-4,8,12-14,18,21H,5-7,9-11,15-17H2,(H,40,41,42). The van der Waals surface area contributed by atoms with Crippen LogP contribution in [0.1, 0.15) is 48.0 Å². The van der Waals surface area contributed by atoms with Crippen LogP contribution in [-0.2, 0) is 30.6 Å². The quantitative estimate of drug-likeness (QED) is 0.188. The van der Waals surface area contributed by atoms with Crippen molar-refractivity contribution >= 4 is 22.6 Å². The molecule has 2 aliphatic rings. The van der Waals surface area contributed by atoms with Crippen LogP contribution in [0.15, 0.2) is 48.8 Å². The third-order valence-corrected chi connectivity index (χ3v) is 8.70. The van der Waals surface area contributed by atoms with Gasteiger partial charge in [-0.25, -0.2) is 14.4 Å². The second-order valence-corrected chi connectivity index (χ2v) is 11.9. The second-order valence-electron chi connectivity index (χ2n) is 11.5. The van der Waals surface area contributed by atoms with Gasteiger partial charge in [-0.3, -0.25) is 9.88 Å². The van der Waals surface area contributed by atoms with E-state index in [1.54, 1.807) is 30.6 Å². The molecule has 0 amide bonds. The Labute approximate surface area is 265 Å². The van der Waals surface area contributed by atoms with Crippen molar-refractivity contribution in [1.29, 1.82) is 0 Å². The fourth-order valence-corrected chi connectivity index (χ4v) is 6.04. The summed E-state index contributed by atoms with van der Waals surface area (Å²) in [6, 6.07) is 10.0. The SMILES string of the molecule is Fc1cc(Cl)ccc1COc1ncccc1C1CCN(Cc2nc3cc(-c4nnc(C(F)(F)F)[nH]4)ncc3n2CC2CCO2)CC1. The number of aromatic nitrogens is 7. The number of fused-ring (bicyclic) bond motifs is 1. The van der Waals surface area contributed by atoms with Gasteiger partial charge in [0.15, 0.2) is 5.82 Å². The van der Waals surface area contributed by atoms with Gasteiger partial charge in [0.05, 0.1) is 36.4 Å². The van der Waals surface area contributed by atoms with E-state index >= 15 is 0 Å². The Morgan fingerprint density at radius 2 is 1.89 bits per heavy atom. The van der Waals surface area contributed by atoms with Gasteiger partial charge in [-0.1, -0.05) is 23.7 Å². The highest BCUT2D eigenvalue weighted by Crippen LogP contribution is 2.34. The van der Waals surface area contributed by atoms with Crippen molar-refractivity contribution < 1.29 is 27.0 Å². The molecule has 4 aromatic heterocycles. The fraction of sp³-hybridized carbons (Fsp3) is 0.387. The van der Waals surface area contributed by atoms with E-state index in [2.05, 4.69) is 34.6 Å². The van der Waals surface area contributed by atoms with E-state index < -0.39 is 17.8 Å². The lowest BCUT2D eigenvalue weighted by Crippen LogP contribution is -2.35. The minimum atomic E-state index is -4.64. The smallest absolute Gasteiger partial charge is 0.451 e. The Bertz CT molecular complexity index is 1850. The van der Waals surface area contributed by atoms with Crippen LogP contribution in [0.3, 0.4) is 0 Å². The van der Waals surface area contributed by atoms with E-state index in [9.17, 15) is 17.6 Å². The number of aromatic amines is 1. The number of nitrogens with one attached hydrogen (secondary N) is 1. The predicted molar refractivity (Wildman–Crippen MR) is 159 cm³/mol. The van der Waals surface area contributed by atoms with Crippen molar-refractivity contribution in [3.8, 4) is 17.4 Å². The van der Waals surface area contributed by atoms with Crippen LogP contribution in [0, 0.1) is 5.82 Å². The summed E-state index contributed by atoms with van der Waals surface area (Å²) >= 11 is 5.88. The average Bonchev–Trinajstić information content (AvgIpc) is 3.64. The molecule has 2 aliphatic heterocycles. The van der Waals surface area contributed by atoms with Crippen LogP contribution in [-0.4, -0.2) is 65.4 Å². The molecule has 46 heavy (non-hydrogen) atoms. The molecule has 7 rings (SSSR count). The summed E-state index contributed by atoms with van der Waals surface area (Å²) in [4.78, 5) is 18.2. The van der Waals surface area contributed by atoms with Gasteiger partial charge in [-0.05, 0) is 62.5 Å². The van der Waals surface area contributed by atoms with Gasteiger partial charge in [0.2, 0.25) is 11.7 Å². The topological polar surface area (TPSA) is 107 Å². The first kappa shape index (κ1) is 30.5. The molecule has 0 bridgehead atoms. The molecule has 1 atom stereocenters. The molecular weight excluding hydrogens is 628 g/mol. The number of piperidine rings is 1. The average molecular weight is 657 g/mol. The van der Waals surface area contributed by atoms with Gasteiger partial charge in [-0.2, -0.15) is 13.2 Å². The largest absolute Gasteiger partial charge is 0.472 e. The molecule has 0 saturated carbocycles. The minimum Gasteiger partial charge on any atom is -0.472 e. The Morgan fingerprint density at radius 1 is 1.07 bits per heavy atom. The first-order chi connectivity index (χ1) is 22.2. The number of nitrogens with zero attached hydrogens (tertiary/aromatic N) is 7. The van der Waals surface area contributed by atoms with Crippen molar-refractivity contribution in [2.75, 3.05) is 19.7 Å².